The third kappa shape index (κ3) is 5.38. The molecular formula is C22H27N5O2S. The van der Waals surface area contributed by atoms with E-state index in [-0.39, 0.29) is 6.10 Å². The first-order valence-corrected chi connectivity index (χ1v) is 11.2. The summed E-state index contributed by atoms with van der Waals surface area (Å²) in [6.07, 6.45) is 4.19. The topological polar surface area (TPSA) is 76.3 Å². The fourth-order valence-electron chi connectivity index (χ4n) is 3.57. The number of aromatic nitrogens is 4. The number of nitrogens with zero attached hydrogens (tertiary/aromatic N) is 5. The normalized spacial score (nSPS) is 16.4. The fraction of sp³-hybridized carbons (Fsp3) is 0.409. The van der Waals surface area contributed by atoms with Gasteiger partial charge in [0.15, 0.2) is 5.16 Å². The van der Waals surface area contributed by atoms with Crippen molar-refractivity contribution in [3.63, 3.8) is 0 Å². The summed E-state index contributed by atoms with van der Waals surface area (Å²) >= 11 is 1.65. The summed E-state index contributed by atoms with van der Waals surface area (Å²) in [5, 5.41) is 19.9. The standard InChI is InChI=1S/C22H27N5O2S/c1-26(13-17-7-2-3-10-20(17)28)15-21-24-25-22(27(21)14-19-9-6-12-29-19)30-16-18-8-4-5-11-23-18/h2-5,7-8,10-11,19,28H,6,9,12-16H2,1H3. The summed E-state index contributed by atoms with van der Waals surface area (Å²) < 4.78 is 8.06. The first-order chi connectivity index (χ1) is 14.7. The molecule has 1 aromatic carbocycles. The molecule has 0 bridgehead atoms. The SMILES string of the molecule is CN(Cc1ccccc1O)Cc1nnc(SCc2ccccn2)n1CC1CCCO1. The maximum absolute atomic E-state index is 10.1. The molecule has 1 N–H and O–H groups in total. The van der Waals surface area contributed by atoms with Crippen LogP contribution < -0.4 is 0 Å². The van der Waals surface area contributed by atoms with Crippen molar-refractivity contribution in [2.75, 3.05) is 13.7 Å². The lowest BCUT2D eigenvalue weighted by atomic mass is 10.2. The van der Waals surface area contributed by atoms with E-state index in [4.69, 9.17) is 4.74 Å². The maximum atomic E-state index is 10.1. The van der Waals surface area contributed by atoms with E-state index < -0.39 is 0 Å². The Kier molecular flexibility index (Phi) is 6.99. The van der Waals surface area contributed by atoms with Crippen molar-refractivity contribution in [1.82, 2.24) is 24.6 Å². The van der Waals surface area contributed by atoms with Gasteiger partial charge in [-0.25, -0.2) is 0 Å². The van der Waals surface area contributed by atoms with Gasteiger partial charge in [-0.05, 0) is 38.1 Å². The number of benzene rings is 1. The minimum absolute atomic E-state index is 0.206. The van der Waals surface area contributed by atoms with Crippen LogP contribution in [0.4, 0.5) is 0 Å². The van der Waals surface area contributed by atoms with Crippen LogP contribution in [-0.4, -0.2) is 49.5 Å². The Bertz CT molecular complexity index is 944. The highest BCUT2D eigenvalue weighted by molar-refractivity contribution is 7.98. The summed E-state index contributed by atoms with van der Waals surface area (Å²) in [6.45, 7) is 2.86. The summed E-state index contributed by atoms with van der Waals surface area (Å²) in [6, 6.07) is 13.4. The first-order valence-electron chi connectivity index (χ1n) is 10.2. The van der Waals surface area contributed by atoms with Crippen LogP contribution in [0, 0.1) is 0 Å². The van der Waals surface area contributed by atoms with Crippen LogP contribution in [0.15, 0.2) is 53.8 Å². The van der Waals surface area contributed by atoms with Crippen LogP contribution in [0.1, 0.15) is 29.9 Å². The minimum Gasteiger partial charge on any atom is -0.508 e. The number of phenolic OH excluding ortho intramolecular Hbond substituents is 1. The van der Waals surface area contributed by atoms with Gasteiger partial charge in [0, 0.05) is 30.7 Å². The van der Waals surface area contributed by atoms with Gasteiger partial charge in [0.1, 0.15) is 11.6 Å². The zero-order valence-corrected chi connectivity index (χ0v) is 18.0. The molecule has 0 radical (unpaired) electrons. The lowest BCUT2D eigenvalue weighted by Crippen LogP contribution is -2.23. The van der Waals surface area contributed by atoms with Crippen molar-refractivity contribution < 1.29 is 9.84 Å². The fourth-order valence-corrected chi connectivity index (χ4v) is 4.45. The van der Waals surface area contributed by atoms with Crippen molar-refractivity contribution in [1.29, 1.82) is 0 Å². The van der Waals surface area contributed by atoms with Gasteiger partial charge >= 0.3 is 0 Å². The number of hydrogen-bond donors (Lipinski definition) is 1. The van der Waals surface area contributed by atoms with E-state index in [1.807, 2.05) is 49.6 Å². The number of ether oxygens (including phenoxy) is 1. The molecule has 8 heteroatoms. The summed E-state index contributed by atoms with van der Waals surface area (Å²) in [5.74, 6) is 1.97. The van der Waals surface area contributed by atoms with Crippen LogP contribution in [-0.2, 0) is 30.1 Å². The molecular weight excluding hydrogens is 398 g/mol. The first kappa shape index (κ1) is 20.8. The van der Waals surface area contributed by atoms with E-state index in [9.17, 15) is 5.11 Å². The maximum Gasteiger partial charge on any atom is 0.191 e. The Morgan fingerprint density at radius 1 is 1.17 bits per heavy atom. The van der Waals surface area contributed by atoms with Crippen LogP contribution >= 0.6 is 11.8 Å². The number of hydrogen-bond acceptors (Lipinski definition) is 7. The van der Waals surface area contributed by atoms with Crippen molar-refractivity contribution in [2.45, 2.75) is 49.5 Å². The number of thioether (sulfide) groups is 1. The van der Waals surface area contributed by atoms with E-state index in [0.29, 0.717) is 18.8 Å². The predicted octanol–water partition coefficient (Wildman–Crippen LogP) is 3.48. The third-order valence-corrected chi connectivity index (χ3v) is 6.12. The zero-order valence-electron chi connectivity index (χ0n) is 17.1. The van der Waals surface area contributed by atoms with Gasteiger partial charge in [-0.15, -0.1) is 10.2 Å². The third-order valence-electron chi connectivity index (χ3n) is 5.12. The molecule has 1 saturated heterocycles. The van der Waals surface area contributed by atoms with E-state index in [0.717, 1.165) is 54.0 Å². The van der Waals surface area contributed by atoms with E-state index in [2.05, 4.69) is 24.6 Å². The molecule has 4 rings (SSSR count). The molecule has 3 aromatic rings. The molecule has 30 heavy (non-hydrogen) atoms. The second kappa shape index (κ2) is 10.1. The molecule has 1 fully saturated rings. The molecule has 1 unspecified atom stereocenters. The molecule has 1 aliphatic rings. The summed E-state index contributed by atoms with van der Waals surface area (Å²) in [5.41, 5.74) is 1.92. The van der Waals surface area contributed by atoms with E-state index in [1.165, 1.54) is 0 Å². The average molecular weight is 426 g/mol. The highest BCUT2D eigenvalue weighted by Crippen LogP contribution is 2.25. The Balaban J connectivity index is 1.48. The van der Waals surface area contributed by atoms with Gasteiger partial charge in [-0.2, -0.15) is 0 Å². The monoisotopic (exact) mass is 425 g/mol. The molecule has 7 nitrogen and oxygen atoms in total. The highest BCUT2D eigenvalue weighted by Gasteiger charge is 2.22. The highest BCUT2D eigenvalue weighted by atomic mass is 32.2. The molecule has 0 spiro atoms. The Hall–Kier alpha value is -2.42. The van der Waals surface area contributed by atoms with Gasteiger partial charge in [0.25, 0.3) is 0 Å². The Labute approximate surface area is 181 Å². The molecule has 0 amide bonds. The Morgan fingerprint density at radius 2 is 2.03 bits per heavy atom. The predicted molar refractivity (Wildman–Crippen MR) is 116 cm³/mol. The molecule has 158 valence electrons. The van der Waals surface area contributed by atoms with Gasteiger partial charge in [-0.3, -0.25) is 9.88 Å². The number of aromatic hydroxyl groups is 1. The minimum atomic E-state index is 0.206. The number of phenols is 1. The van der Waals surface area contributed by atoms with Gasteiger partial charge in [-0.1, -0.05) is 36.0 Å². The van der Waals surface area contributed by atoms with Crippen LogP contribution in [0.5, 0.6) is 5.75 Å². The molecule has 0 aliphatic carbocycles. The molecule has 0 saturated carbocycles. The second-order valence-electron chi connectivity index (χ2n) is 7.56. The number of pyridine rings is 1. The van der Waals surface area contributed by atoms with Gasteiger partial charge in [0.2, 0.25) is 0 Å². The molecule has 1 aliphatic heterocycles. The van der Waals surface area contributed by atoms with Crippen molar-refractivity contribution in [2.24, 2.45) is 0 Å². The second-order valence-corrected chi connectivity index (χ2v) is 8.50. The summed E-state index contributed by atoms with van der Waals surface area (Å²) in [4.78, 5) is 6.54. The van der Waals surface area contributed by atoms with Crippen LogP contribution in [0.2, 0.25) is 0 Å². The van der Waals surface area contributed by atoms with Crippen LogP contribution in [0.25, 0.3) is 0 Å². The quantitative estimate of drug-likeness (QED) is 0.526. The van der Waals surface area contributed by atoms with E-state index in [1.54, 1.807) is 17.8 Å². The van der Waals surface area contributed by atoms with Gasteiger partial charge < -0.3 is 14.4 Å². The van der Waals surface area contributed by atoms with Crippen molar-refractivity contribution >= 4 is 11.8 Å². The number of para-hydroxylation sites is 1. The Morgan fingerprint density at radius 3 is 2.80 bits per heavy atom. The lowest BCUT2D eigenvalue weighted by molar-refractivity contribution is 0.0934. The molecule has 2 aromatic heterocycles. The molecule has 1 atom stereocenters. The van der Waals surface area contributed by atoms with Crippen molar-refractivity contribution in [3.05, 3.63) is 65.7 Å². The molecule has 3 heterocycles. The largest absolute Gasteiger partial charge is 0.508 e. The van der Waals surface area contributed by atoms with E-state index >= 15 is 0 Å². The lowest BCUT2D eigenvalue weighted by Gasteiger charge is -2.19. The van der Waals surface area contributed by atoms with Crippen LogP contribution in [0.3, 0.4) is 0 Å². The summed E-state index contributed by atoms with van der Waals surface area (Å²) in [7, 11) is 2.03. The smallest absolute Gasteiger partial charge is 0.191 e. The number of rotatable bonds is 9. The zero-order chi connectivity index (χ0) is 20.8. The average Bonchev–Trinajstić information content (AvgIpc) is 3.40. The van der Waals surface area contributed by atoms with Crippen molar-refractivity contribution in [3.8, 4) is 5.75 Å². The van der Waals surface area contributed by atoms with Gasteiger partial charge in [0.05, 0.1) is 24.9 Å².